The van der Waals surface area contributed by atoms with Crippen molar-refractivity contribution in [1.82, 2.24) is 15.5 Å². The highest BCUT2D eigenvalue weighted by molar-refractivity contribution is 5.76. The van der Waals surface area contributed by atoms with Crippen LogP contribution in [0.3, 0.4) is 0 Å². The molecule has 0 aliphatic carbocycles. The molecule has 1 heterocycles. The Balaban J connectivity index is 1.86. The molecule has 0 atom stereocenters. The van der Waals surface area contributed by atoms with Gasteiger partial charge in [0, 0.05) is 24.9 Å². The van der Waals surface area contributed by atoms with Crippen LogP contribution in [-0.4, -0.2) is 22.6 Å². The highest BCUT2D eigenvalue weighted by Gasteiger charge is 2.10. The maximum absolute atomic E-state index is 11.6. The molecule has 0 saturated heterocycles. The van der Waals surface area contributed by atoms with Gasteiger partial charge in [0.2, 0.25) is 17.7 Å². The molecule has 1 amide bonds. The quantitative estimate of drug-likeness (QED) is 0.877. The third-order valence-corrected chi connectivity index (χ3v) is 2.76. The molecule has 0 aliphatic heterocycles. The van der Waals surface area contributed by atoms with Gasteiger partial charge in [-0.3, -0.25) is 4.79 Å². The zero-order valence-electron chi connectivity index (χ0n) is 11.8. The molecule has 5 heteroatoms. The molecule has 1 N–H and O–H groups in total. The Morgan fingerprint density at radius 3 is 2.70 bits per heavy atom. The van der Waals surface area contributed by atoms with E-state index < -0.39 is 0 Å². The van der Waals surface area contributed by atoms with Crippen molar-refractivity contribution in [3.8, 4) is 11.5 Å². The van der Waals surface area contributed by atoms with Crippen LogP contribution in [0.5, 0.6) is 0 Å². The summed E-state index contributed by atoms with van der Waals surface area (Å²) in [5.41, 5.74) is 0.885. The summed E-state index contributed by atoms with van der Waals surface area (Å²) >= 11 is 0. The van der Waals surface area contributed by atoms with E-state index in [4.69, 9.17) is 4.42 Å². The zero-order valence-corrected chi connectivity index (χ0v) is 11.8. The fourth-order valence-electron chi connectivity index (χ4n) is 1.68. The molecule has 20 heavy (non-hydrogen) atoms. The number of amides is 1. The van der Waals surface area contributed by atoms with Crippen molar-refractivity contribution < 1.29 is 9.21 Å². The number of aryl methyl sites for hydroxylation is 1. The van der Waals surface area contributed by atoms with Gasteiger partial charge in [-0.2, -0.15) is 0 Å². The van der Waals surface area contributed by atoms with E-state index in [-0.39, 0.29) is 5.91 Å². The summed E-state index contributed by atoms with van der Waals surface area (Å²) in [6.45, 7) is 4.81. The molecule has 0 unspecified atom stereocenters. The van der Waals surface area contributed by atoms with Crippen molar-refractivity contribution in [3.05, 3.63) is 36.2 Å². The van der Waals surface area contributed by atoms with Crippen molar-refractivity contribution in [2.45, 2.75) is 26.7 Å². The Hall–Kier alpha value is -2.17. The lowest BCUT2D eigenvalue weighted by Crippen LogP contribution is -2.27. The molecule has 0 bridgehead atoms. The number of benzene rings is 1. The minimum absolute atomic E-state index is 0.0122. The lowest BCUT2D eigenvalue weighted by atomic mass is 10.2. The molecule has 0 radical (unpaired) electrons. The fraction of sp³-hybridized carbons (Fsp3) is 0.400. The van der Waals surface area contributed by atoms with Gasteiger partial charge in [0.05, 0.1) is 0 Å². The predicted octanol–water partition coefficient (Wildman–Crippen LogP) is 2.44. The van der Waals surface area contributed by atoms with Crippen molar-refractivity contribution in [2.24, 2.45) is 5.92 Å². The van der Waals surface area contributed by atoms with Crippen molar-refractivity contribution in [1.29, 1.82) is 0 Å². The second-order valence-corrected chi connectivity index (χ2v) is 5.06. The Morgan fingerprint density at radius 1 is 1.25 bits per heavy atom. The molecule has 106 valence electrons. The Labute approximate surface area is 118 Å². The van der Waals surface area contributed by atoms with Crippen LogP contribution in [0.4, 0.5) is 0 Å². The lowest BCUT2D eigenvalue weighted by Gasteiger charge is -2.06. The van der Waals surface area contributed by atoms with Crippen LogP contribution < -0.4 is 5.32 Å². The molecule has 0 spiro atoms. The molecule has 5 nitrogen and oxygen atoms in total. The SMILES string of the molecule is CC(C)CNC(=O)CCc1nnc(-c2ccccc2)o1. The molecule has 2 aromatic rings. The monoisotopic (exact) mass is 273 g/mol. The molecular formula is C15H19N3O2. The van der Waals surface area contributed by atoms with Gasteiger partial charge >= 0.3 is 0 Å². The normalized spacial score (nSPS) is 10.8. The van der Waals surface area contributed by atoms with Crippen LogP contribution >= 0.6 is 0 Å². The average Bonchev–Trinajstić information content (AvgIpc) is 2.93. The Kier molecular flexibility index (Phi) is 4.87. The number of hydrogen-bond acceptors (Lipinski definition) is 4. The molecule has 0 saturated carbocycles. The number of nitrogens with zero attached hydrogens (tertiary/aromatic N) is 2. The zero-order chi connectivity index (χ0) is 14.4. The number of hydrogen-bond donors (Lipinski definition) is 1. The van der Waals surface area contributed by atoms with E-state index in [1.165, 1.54) is 0 Å². The minimum atomic E-state index is 0.0122. The molecular weight excluding hydrogens is 254 g/mol. The summed E-state index contributed by atoms with van der Waals surface area (Å²) in [4.78, 5) is 11.6. The first kappa shape index (κ1) is 14.2. The Bertz CT molecular complexity index is 549. The first-order valence-electron chi connectivity index (χ1n) is 6.79. The van der Waals surface area contributed by atoms with Crippen LogP contribution in [-0.2, 0) is 11.2 Å². The first-order valence-corrected chi connectivity index (χ1v) is 6.79. The molecule has 0 fully saturated rings. The second-order valence-electron chi connectivity index (χ2n) is 5.06. The van der Waals surface area contributed by atoms with E-state index >= 15 is 0 Å². The summed E-state index contributed by atoms with van der Waals surface area (Å²) in [5, 5.41) is 10.8. The topological polar surface area (TPSA) is 68.0 Å². The largest absolute Gasteiger partial charge is 0.421 e. The van der Waals surface area contributed by atoms with Crippen LogP contribution in [0.1, 0.15) is 26.2 Å². The van der Waals surface area contributed by atoms with Gasteiger partial charge in [-0.25, -0.2) is 0 Å². The summed E-state index contributed by atoms with van der Waals surface area (Å²) in [7, 11) is 0. The maximum Gasteiger partial charge on any atom is 0.247 e. The second kappa shape index (κ2) is 6.84. The number of nitrogens with one attached hydrogen (secondary N) is 1. The van der Waals surface area contributed by atoms with Gasteiger partial charge < -0.3 is 9.73 Å². The molecule has 2 rings (SSSR count). The molecule has 1 aromatic carbocycles. The predicted molar refractivity (Wildman–Crippen MR) is 75.9 cm³/mol. The highest BCUT2D eigenvalue weighted by atomic mass is 16.4. The number of carbonyl (C=O) groups is 1. The highest BCUT2D eigenvalue weighted by Crippen LogP contribution is 2.17. The van der Waals surface area contributed by atoms with Crippen molar-refractivity contribution in [2.75, 3.05) is 6.54 Å². The molecule has 1 aromatic heterocycles. The lowest BCUT2D eigenvalue weighted by molar-refractivity contribution is -0.121. The van der Waals surface area contributed by atoms with E-state index in [1.807, 2.05) is 30.3 Å². The summed E-state index contributed by atoms with van der Waals surface area (Å²) in [5.74, 6) is 1.44. The maximum atomic E-state index is 11.6. The van der Waals surface area contributed by atoms with Gasteiger partial charge in [0.15, 0.2) is 0 Å². The van der Waals surface area contributed by atoms with Crippen LogP contribution in [0.25, 0.3) is 11.5 Å². The number of rotatable bonds is 6. The first-order chi connectivity index (χ1) is 9.65. The van der Waals surface area contributed by atoms with E-state index in [0.717, 1.165) is 5.56 Å². The van der Waals surface area contributed by atoms with E-state index in [1.54, 1.807) is 0 Å². The summed E-state index contributed by atoms with van der Waals surface area (Å²) < 4.78 is 5.54. The summed E-state index contributed by atoms with van der Waals surface area (Å²) in [6.07, 6.45) is 0.826. The fourth-order valence-corrected chi connectivity index (χ4v) is 1.68. The van der Waals surface area contributed by atoms with E-state index in [0.29, 0.717) is 37.1 Å². The third-order valence-electron chi connectivity index (χ3n) is 2.76. The third kappa shape index (κ3) is 4.19. The van der Waals surface area contributed by atoms with Crippen LogP contribution in [0.2, 0.25) is 0 Å². The minimum Gasteiger partial charge on any atom is -0.421 e. The molecule has 0 aliphatic rings. The van der Waals surface area contributed by atoms with Crippen molar-refractivity contribution in [3.63, 3.8) is 0 Å². The van der Waals surface area contributed by atoms with Gasteiger partial charge in [-0.05, 0) is 18.1 Å². The van der Waals surface area contributed by atoms with E-state index in [9.17, 15) is 4.79 Å². The Morgan fingerprint density at radius 2 is 2.00 bits per heavy atom. The number of carbonyl (C=O) groups excluding carboxylic acids is 1. The van der Waals surface area contributed by atoms with Crippen LogP contribution in [0.15, 0.2) is 34.7 Å². The van der Waals surface area contributed by atoms with Gasteiger partial charge in [0.1, 0.15) is 0 Å². The smallest absolute Gasteiger partial charge is 0.247 e. The van der Waals surface area contributed by atoms with Crippen LogP contribution in [0, 0.1) is 5.92 Å². The average molecular weight is 273 g/mol. The number of aromatic nitrogens is 2. The van der Waals surface area contributed by atoms with E-state index in [2.05, 4.69) is 29.4 Å². The summed E-state index contributed by atoms with van der Waals surface area (Å²) in [6, 6.07) is 9.58. The van der Waals surface area contributed by atoms with Gasteiger partial charge in [-0.1, -0.05) is 32.0 Å². The van der Waals surface area contributed by atoms with Crippen molar-refractivity contribution >= 4 is 5.91 Å². The van der Waals surface area contributed by atoms with Gasteiger partial charge in [0.25, 0.3) is 0 Å². The van der Waals surface area contributed by atoms with Gasteiger partial charge in [-0.15, -0.1) is 10.2 Å². The standard InChI is InChI=1S/C15H19N3O2/c1-11(2)10-16-13(19)8-9-14-17-18-15(20-14)12-6-4-3-5-7-12/h3-7,11H,8-10H2,1-2H3,(H,16,19).